The molecule has 2 rings (SSSR count). The van der Waals surface area contributed by atoms with E-state index < -0.39 is 0 Å². The van der Waals surface area contributed by atoms with Gasteiger partial charge in [0.2, 0.25) is 0 Å². The molecule has 19 heavy (non-hydrogen) atoms. The van der Waals surface area contributed by atoms with Crippen LogP contribution in [0.15, 0.2) is 0 Å². The average molecular weight is 282 g/mol. The summed E-state index contributed by atoms with van der Waals surface area (Å²) in [5, 5.41) is 4.70. The molecular weight excluding hydrogens is 256 g/mol. The summed E-state index contributed by atoms with van der Waals surface area (Å²) < 4.78 is 5.85. The maximum Gasteiger partial charge on any atom is 0.125 e. The number of nitrogens with one attached hydrogen (secondary N) is 1. The number of aromatic nitrogens is 1. The van der Waals surface area contributed by atoms with Crippen LogP contribution in [-0.4, -0.2) is 18.1 Å². The average Bonchev–Trinajstić information content (AvgIpc) is 3.03. The molecule has 1 saturated carbocycles. The Morgan fingerprint density at radius 1 is 1.37 bits per heavy atom. The number of hydrogen-bond donors (Lipinski definition) is 1. The van der Waals surface area contributed by atoms with Gasteiger partial charge < -0.3 is 10.1 Å². The number of hydrogen-bond acceptors (Lipinski definition) is 4. The molecule has 0 aliphatic heterocycles. The third-order valence-corrected chi connectivity index (χ3v) is 5.26. The summed E-state index contributed by atoms with van der Waals surface area (Å²) in [6.07, 6.45) is 5.77. The molecule has 1 aromatic rings. The minimum Gasteiger partial charge on any atom is -0.371 e. The third-order valence-electron chi connectivity index (χ3n) is 3.98. The monoisotopic (exact) mass is 282 g/mol. The zero-order chi connectivity index (χ0) is 13.9. The summed E-state index contributed by atoms with van der Waals surface area (Å²) in [5.74, 6) is 0. The molecule has 0 amide bonds. The SMILES string of the molecule is CCc1nc(C2(OC)CCCC2)sc1CNC(C)C. The van der Waals surface area contributed by atoms with Crippen LogP contribution in [0.3, 0.4) is 0 Å². The zero-order valence-corrected chi connectivity index (χ0v) is 13.4. The molecule has 0 atom stereocenters. The molecule has 0 spiro atoms. The fourth-order valence-corrected chi connectivity index (χ4v) is 4.07. The predicted molar refractivity (Wildman–Crippen MR) is 80.6 cm³/mol. The summed E-state index contributed by atoms with van der Waals surface area (Å²) in [7, 11) is 1.84. The molecule has 3 nitrogen and oxygen atoms in total. The topological polar surface area (TPSA) is 34.1 Å². The first-order valence-corrected chi connectivity index (χ1v) is 8.20. The number of thiazole rings is 1. The largest absolute Gasteiger partial charge is 0.371 e. The minimum atomic E-state index is -0.0926. The van der Waals surface area contributed by atoms with E-state index in [1.165, 1.54) is 28.4 Å². The zero-order valence-electron chi connectivity index (χ0n) is 12.6. The van der Waals surface area contributed by atoms with Gasteiger partial charge in [0, 0.05) is 24.6 Å². The first-order chi connectivity index (χ1) is 9.11. The van der Waals surface area contributed by atoms with Crippen LogP contribution in [0.4, 0.5) is 0 Å². The fourth-order valence-electron chi connectivity index (χ4n) is 2.74. The van der Waals surface area contributed by atoms with Crippen LogP contribution in [0.2, 0.25) is 0 Å². The lowest BCUT2D eigenvalue weighted by atomic mass is 10.0. The van der Waals surface area contributed by atoms with Gasteiger partial charge in [0.05, 0.1) is 5.69 Å². The summed E-state index contributed by atoms with van der Waals surface area (Å²) in [6, 6.07) is 0.512. The van der Waals surface area contributed by atoms with Gasteiger partial charge in [0.1, 0.15) is 10.6 Å². The number of ether oxygens (including phenoxy) is 1. The molecule has 1 N–H and O–H groups in total. The molecule has 1 aliphatic carbocycles. The Balaban J connectivity index is 2.22. The molecule has 1 heterocycles. The Bertz CT molecular complexity index is 408. The van der Waals surface area contributed by atoms with Gasteiger partial charge in [-0.25, -0.2) is 4.98 Å². The van der Waals surface area contributed by atoms with Crippen LogP contribution in [0, 0.1) is 0 Å². The quantitative estimate of drug-likeness (QED) is 0.865. The Morgan fingerprint density at radius 3 is 2.58 bits per heavy atom. The van der Waals surface area contributed by atoms with Crippen LogP contribution in [0.5, 0.6) is 0 Å². The van der Waals surface area contributed by atoms with Crippen LogP contribution in [0.25, 0.3) is 0 Å². The molecule has 108 valence electrons. The van der Waals surface area contributed by atoms with Crippen molar-refractivity contribution in [2.45, 2.75) is 71.1 Å². The molecule has 1 aliphatic rings. The summed E-state index contributed by atoms with van der Waals surface area (Å²) in [5.41, 5.74) is 1.15. The molecule has 0 unspecified atom stereocenters. The smallest absolute Gasteiger partial charge is 0.125 e. The van der Waals surface area contributed by atoms with E-state index in [-0.39, 0.29) is 5.60 Å². The van der Waals surface area contributed by atoms with E-state index >= 15 is 0 Å². The molecule has 0 saturated heterocycles. The predicted octanol–water partition coefficient (Wildman–Crippen LogP) is 3.62. The van der Waals surface area contributed by atoms with Crippen LogP contribution in [-0.2, 0) is 23.3 Å². The maximum absolute atomic E-state index is 5.85. The molecule has 0 bridgehead atoms. The molecule has 0 radical (unpaired) electrons. The lowest BCUT2D eigenvalue weighted by molar-refractivity contribution is -0.00895. The number of nitrogens with zero attached hydrogens (tertiary/aromatic N) is 1. The highest BCUT2D eigenvalue weighted by molar-refractivity contribution is 7.11. The van der Waals surface area contributed by atoms with Gasteiger partial charge in [-0.15, -0.1) is 11.3 Å². The first-order valence-electron chi connectivity index (χ1n) is 7.39. The molecule has 1 fully saturated rings. The molecule has 1 aromatic heterocycles. The summed E-state index contributed by atoms with van der Waals surface area (Å²) in [4.78, 5) is 6.27. The van der Waals surface area contributed by atoms with Crippen LogP contribution >= 0.6 is 11.3 Å². The van der Waals surface area contributed by atoms with Crippen molar-refractivity contribution in [3.63, 3.8) is 0 Å². The van der Waals surface area contributed by atoms with Crippen LogP contribution < -0.4 is 5.32 Å². The number of aryl methyl sites for hydroxylation is 1. The third kappa shape index (κ3) is 3.18. The number of methoxy groups -OCH3 is 1. The van der Waals surface area contributed by atoms with Gasteiger partial charge in [-0.3, -0.25) is 0 Å². The lowest BCUT2D eigenvalue weighted by Gasteiger charge is -2.24. The Hall–Kier alpha value is -0.450. The Kier molecular flexibility index (Phi) is 4.98. The Morgan fingerprint density at radius 2 is 2.05 bits per heavy atom. The van der Waals surface area contributed by atoms with E-state index in [4.69, 9.17) is 9.72 Å². The summed E-state index contributed by atoms with van der Waals surface area (Å²) >= 11 is 1.85. The van der Waals surface area contributed by atoms with E-state index in [0.717, 1.165) is 25.8 Å². The second-order valence-electron chi connectivity index (χ2n) is 5.68. The van der Waals surface area contributed by atoms with Crippen molar-refractivity contribution in [1.29, 1.82) is 0 Å². The fraction of sp³-hybridized carbons (Fsp3) is 0.800. The van der Waals surface area contributed by atoms with Crippen molar-refractivity contribution in [3.8, 4) is 0 Å². The van der Waals surface area contributed by atoms with E-state index in [1.54, 1.807) is 0 Å². The highest BCUT2D eigenvalue weighted by atomic mass is 32.1. The standard InChI is InChI=1S/C15H26N2OS/c1-5-12-13(10-16-11(2)3)19-14(17-12)15(18-4)8-6-7-9-15/h11,16H,5-10H2,1-4H3. The van der Waals surface area contributed by atoms with Crippen LogP contribution in [0.1, 0.15) is 62.0 Å². The van der Waals surface area contributed by atoms with Crippen molar-refractivity contribution in [3.05, 3.63) is 15.6 Å². The van der Waals surface area contributed by atoms with Gasteiger partial charge in [0.15, 0.2) is 0 Å². The Labute approximate surface area is 120 Å². The molecular formula is C15H26N2OS. The highest BCUT2D eigenvalue weighted by Crippen LogP contribution is 2.43. The van der Waals surface area contributed by atoms with Gasteiger partial charge in [-0.2, -0.15) is 0 Å². The second-order valence-corrected chi connectivity index (χ2v) is 6.77. The lowest BCUT2D eigenvalue weighted by Crippen LogP contribution is -2.24. The second kappa shape index (κ2) is 6.33. The molecule has 4 heteroatoms. The van der Waals surface area contributed by atoms with Gasteiger partial charge in [-0.05, 0) is 19.3 Å². The molecule has 0 aromatic carbocycles. The van der Waals surface area contributed by atoms with Crippen molar-refractivity contribution in [2.24, 2.45) is 0 Å². The maximum atomic E-state index is 5.85. The van der Waals surface area contributed by atoms with E-state index in [9.17, 15) is 0 Å². The van der Waals surface area contributed by atoms with Gasteiger partial charge in [0.25, 0.3) is 0 Å². The highest BCUT2D eigenvalue weighted by Gasteiger charge is 2.39. The van der Waals surface area contributed by atoms with Gasteiger partial charge in [-0.1, -0.05) is 33.6 Å². The van der Waals surface area contributed by atoms with E-state index in [2.05, 4.69) is 26.1 Å². The normalized spacial score (nSPS) is 18.4. The van der Waals surface area contributed by atoms with Gasteiger partial charge >= 0.3 is 0 Å². The van der Waals surface area contributed by atoms with E-state index in [1.807, 2.05) is 18.4 Å². The summed E-state index contributed by atoms with van der Waals surface area (Å²) in [6.45, 7) is 7.48. The number of rotatable bonds is 6. The van der Waals surface area contributed by atoms with Crippen molar-refractivity contribution < 1.29 is 4.74 Å². The first kappa shape index (κ1) is 14.9. The van der Waals surface area contributed by atoms with Crippen molar-refractivity contribution in [2.75, 3.05) is 7.11 Å². The minimum absolute atomic E-state index is 0.0926. The van der Waals surface area contributed by atoms with E-state index in [0.29, 0.717) is 6.04 Å². The van der Waals surface area contributed by atoms with Crippen molar-refractivity contribution >= 4 is 11.3 Å². The van der Waals surface area contributed by atoms with Crippen molar-refractivity contribution in [1.82, 2.24) is 10.3 Å².